The van der Waals surface area contributed by atoms with E-state index < -0.39 is 0 Å². The Hall–Kier alpha value is -2.88. The standard InChI is InChI=1S/C25H29N3O/c1-19-24(20(2)28(26-19)18-23-11-7-4-8-12-23)25(29)27-15-13-22(14-16-27)17-21-9-5-3-6-10-21/h3-12,22H,13-18H2,1-2H3. The maximum Gasteiger partial charge on any atom is 0.257 e. The summed E-state index contributed by atoms with van der Waals surface area (Å²) in [5.74, 6) is 0.793. The van der Waals surface area contributed by atoms with E-state index in [9.17, 15) is 4.79 Å². The van der Waals surface area contributed by atoms with Crippen molar-refractivity contribution in [3.8, 4) is 0 Å². The molecule has 150 valence electrons. The quantitative estimate of drug-likeness (QED) is 0.639. The van der Waals surface area contributed by atoms with Gasteiger partial charge in [0.2, 0.25) is 0 Å². The minimum Gasteiger partial charge on any atom is -0.339 e. The van der Waals surface area contributed by atoms with Gasteiger partial charge in [0.05, 0.1) is 17.8 Å². The summed E-state index contributed by atoms with van der Waals surface area (Å²) in [5.41, 5.74) is 5.16. The number of rotatable bonds is 5. The van der Waals surface area contributed by atoms with Crippen LogP contribution >= 0.6 is 0 Å². The summed E-state index contributed by atoms with van der Waals surface area (Å²) in [4.78, 5) is 15.3. The van der Waals surface area contributed by atoms with Crippen LogP contribution in [0.15, 0.2) is 60.7 Å². The normalized spacial score (nSPS) is 14.9. The number of hydrogen-bond donors (Lipinski definition) is 0. The van der Waals surface area contributed by atoms with E-state index in [2.05, 4.69) is 47.6 Å². The third-order valence-electron chi connectivity index (χ3n) is 6.04. The van der Waals surface area contributed by atoms with Crippen LogP contribution in [0, 0.1) is 19.8 Å². The van der Waals surface area contributed by atoms with Gasteiger partial charge in [-0.1, -0.05) is 60.7 Å². The van der Waals surface area contributed by atoms with Gasteiger partial charge < -0.3 is 4.90 Å². The lowest BCUT2D eigenvalue weighted by atomic mass is 9.90. The van der Waals surface area contributed by atoms with Crippen molar-refractivity contribution < 1.29 is 4.79 Å². The van der Waals surface area contributed by atoms with Gasteiger partial charge in [0.1, 0.15) is 0 Å². The van der Waals surface area contributed by atoms with E-state index >= 15 is 0 Å². The van der Waals surface area contributed by atoms with Gasteiger partial charge in [-0.25, -0.2) is 0 Å². The van der Waals surface area contributed by atoms with E-state index in [-0.39, 0.29) is 5.91 Å². The monoisotopic (exact) mass is 387 g/mol. The first-order valence-electron chi connectivity index (χ1n) is 10.5. The van der Waals surface area contributed by atoms with Crippen LogP contribution in [0.3, 0.4) is 0 Å². The second-order valence-electron chi connectivity index (χ2n) is 8.11. The Morgan fingerprint density at radius 3 is 2.14 bits per heavy atom. The predicted molar refractivity (Wildman–Crippen MR) is 116 cm³/mol. The molecule has 2 heterocycles. The van der Waals surface area contributed by atoms with Crippen molar-refractivity contribution in [2.75, 3.05) is 13.1 Å². The van der Waals surface area contributed by atoms with E-state index in [0.717, 1.165) is 49.3 Å². The maximum absolute atomic E-state index is 13.2. The first kappa shape index (κ1) is 19.4. The highest BCUT2D eigenvalue weighted by Crippen LogP contribution is 2.24. The average Bonchev–Trinajstić information content (AvgIpc) is 3.02. The van der Waals surface area contributed by atoms with Crippen LogP contribution in [0.2, 0.25) is 0 Å². The van der Waals surface area contributed by atoms with Crippen molar-refractivity contribution in [2.45, 2.75) is 39.7 Å². The van der Waals surface area contributed by atoms with Crippen molar-refractivity contribution in [1.29, 1.82) is 0 Å². The number of benzene rings is 2. The first-order chi connectivity index (χ1) is 14.1. The average molecular weight is 388 g/mol. The fourth-order valence-corrected chi connectivity index (χ4v) is 4.36. The molecule has 1 fully saturated rings. The smallest absolute Gasteiger partial charge is 0.257 e. The van der Waals surface area contributed by atoms with E-state index in [1.807, 2.05) is 41.6 Å². The Bertz CT molecular complexity index is 954. The minimum atomic E-state index is 0.137. The number of amides is 1. The Kier molecular flexibility index (Phi) is 5.79. The molecule has 1 aromatic heterocycles. The molecular formula is C25H29N3O. The van der Waals surface area contributed by atoms with Gasteiger partial charge in [0, 0.05) is 18.8 Å². The molecule has 1 aliphatic rings. The van der Waals surface area contributed by atoms with Crippen LogP contribution in [0.1, 0.15) is 45.7 Å². The fraction of sp³-hybridized carbons (Fsp3) is 0.360. The largest absolute Gasteiger partial charge is 0.339 e. The van der Waals surface area contributed by atoms with Crippen LogP contribution < -0.4 is 0 Å². The number of hydrogen-bond acceptors (Lipinski definition) is 2. The predicted octanol–water partition coefficient (Wildman–Crippen LogP) is 4.64. The van der Waals surface area contributed by atoms with Gasteiger partial charge in [-0.15, -0.1) is 0 Å². The molecule has 0 N–H and O–H groups in total. The van der Waals surface area contributed by atoms with Crippen LogP contribution in [-0.4, -0.2) is 33.7 Å². The molecule has 0 unspecified atom stereocenters. The summed E-state index contributed by atoms with van der Waals surface area (Å²) in [7, 11) is 0. The molecule has 0 spiro atoms. The SMILES string of the molecule is Cc1nn(Cc2ccccc2)c(C)c1C(=O)N1CCC(Cc2ccccc2)CC1. The van der Waals surface area contributed by atoms with Crippen LogP contribution in [-0.2, 0) is 13.0 Å². The number of carbonyl (C=O) groups excluding carboxylic acids is 1. The maximum atomic E-state index is 13.2. The third-order valence-corrected chi connectivity index (χ3v) is 6.04. The minimum absolute atomic E-state index is 0.137. The van der Waals surface area contributed by atoms with Gasteiger partial charge in [-0.2, -0.15) is 5.10 Å². The summed E-state index contributed by atoms with van der Waals surface area (Å²) in [5, 5.41) is 4.66. The van der Waals surface area contributed by atoms with Crippen molar-refractivity contribution in [2.24, 2.45) is 5.92 Å². The van der Waals surface area contributed by atoms with Gasteiger partial charge in [0.15, 0.2) is 0 Å². The number of piperidine rings is 1. The lowest BCUT2D eigenvalue weighted by Gasteiger charge is -2.32. The third kappa shape index (κ3) is 4.42. The van der Waals surface area contributed by atoms with E-state index in [4.69, 9.17) is 0 Å². The molecule has 0 saturated carbocycles. The topological polar surface area (TPSA) is 38.1 Å². The molecule has 3 aromatic rings. The number of aryl methyl sites for hydroxylation is 1. The van der Waals surface area contributed by atoms with Gasteiger partial charge in [-0.05, 0) is 50.2 Å². The molecule has 0 bridgehead atoms. The molecule has 4 nitrogen and oxygen atoms in total. The number of aromatic nitrogens is 2. The van der Waals surface area contributed by atoms with Gasteiger partial charge in [-0.3, -0.25) is 9.48 Å². The summed E-state index contributed by atoms with van der Waals surface area (Å²) >= 11 is 0. The zero-order valence-corrected chi connectivity index (χ0v) is 17.3. The van der Waals surface area contributed by atoms with E-state index in [1.165, 1.54) is 11.1 Å². The highest BCUT2D eigenvalue weighted by molar-refractivity contribution is 5.96. The zero-order valence-electron chi connectivity index (χ0n) is 17.3. The second kappa shape index (κ2) is 8.64. The van der Waals surface area contributed by atoms with Crippen LogP contribution in [0.5, 0.6) is 0 Å². The zero-order chi connectivity index (χ0) is 20.2. The van der Waals surface area contributed by atoms with Gasteiger partial charge >= 0.3 is 0 Å². The Morgan fingerprint density at radius 1 is 0.931 bits per heavy atom. The van der Waals surface area contributed by atoms with Crippen molar-refractivity contribution in [3.63, 3.8) is 0 Å². The van der Waals surface area contributed by atoms with Gasteiger partial charge in [0.25, 0.3) is 5.91 Å². The second-order valence-corrected chi connectivity index (χ2v) is 8.11. The summed E-state index contributed by atoms with van der Waals surface area (Å²) in [6.07, 6.45) is 3.24. The first-order valence-corrected chi connectivity index (χ1v) is 10.5. The molecule has 1 amide bonds. The molecule has 1 aliphatic heterocycles. The van der Waals surface area contributed by atoms with Crippen LogP contribution in [0.25, 0.3) is 0 Å². The molecule has 2 aromatic carbocycles. The molecule has 4 heteroatoms. The number of carbonyl (C=O) groups is 1. The lowest BCUT2D eigenvalue weighted by Crippen LogP contribution is -2.39. The van der Waals surface area contributed by atoms with E-state index in [1.54, 1.807) is 0 Å². The molecule has 4 rings (SSSR count). The lowest BCUT2D eigenvalue weighted by molar-refractivity contribution is 0.0689. The molecule has 0 aliphatic carbocycles. The highest BCUT2D eigenvalue weighted by Gasteiger charge is 2.27. The summed E-state index contributed by atoms with van der Waals surface area (Å²) in [6.45, 7) is 6.32. The Balaban J connectivity index is 1.41. The fourth-order valence-electron chi connectivity index (χ4n) is 4.36. The number of likely N-dealkylation sites (tertiary alicyclic amines) is 1. The van der Waals surface area contributed by atoms with E-state index in [0.29, 0.717) is 12.5 Å². The highest BCUT2D eigenvalue weighted by atomic mass is 16.2. The molecular weight excluding hydrogens is 358 g/mol. The molecule has 29 heavy (non-hydrogen) atoms. The van der Waals surface area contributed by atoms with Crippen molar-refractivity contribution in [3.05, 3.63) is 88.7 Å². The Labute approximate surface area is 173 Å². The van der Waals surface area contributed by atoms with Crippen molar-refractivity contribution in [1.82, 2.24) is 14.7 Å². The van der Waals surface area contributed by atoms with Crippen molar-refractivity contribution >= 4 is 5.91 Å². The Morgan fingerprint density at radius 2 is 1.52 bits per heavy atom. The van der Waals surface area contributed by atoms with Crippen LogP contribution in [0.4, 0.5) is 0 Å². The molecule has 1 saturated heterocycles. The summed E-state index contributed by atoms with van der Waals surface area (Å²) in [6, 6.07) is 20.9. The summed E-state index contributed by atoms with van der Waals surface area (Å²) < 4.78 is 1.96. The number of nitrogens with zero attached hydrogens (tertiary/aromatic N) is 3. The molecule has 0 atom stereocenters. The molecule has 0 radical (unpaired) electrons.